The van der Waals surface area contributed by atoms with E-state index in [4.69, 9.17) is 0 Å². The van der Waals surface area contributed by atoms with Crippen molar-refractivity contribution in [3.05, 3.63) is 41.9 Å². The minimum absolute atomic E-state index is 0.00847. The van der Waals surface area contributed by atoms with Crippen molar-refractivity contribution in [3.63, 3.8) is 0 Å². The molecule has 0 unspecified atom stereocenters. The molecule has 3 N–H and O–H groups in total. The van der Waals surface area contributed by atoms with Gasteiger partial charge in [-0.1, -0.05) is 12.0 Å². The van der Waals surface area contributed by atoms with E-state index >= 15 is 0 Å². The van der Waals surface area contributed by atoms with E-state index < -0.39 is 5.51 Å². The summed E-state index contributed by atoms with van der Waals surface area (Å²) in [7, 11) is 3.30. The van der Waals surface area contributed by atoms with Gasteiger partial charge in [0.1, 0.15) is 11.5 Å². The van der Waals surface area contributed by atoms with Gasteiger partial charge in [-0.15, -0.1) is 0 Å². The quantitative estimate of drug-likeness (QED) is 0.294. The van der Waals surface area contributed by atoms with Crippen LogP contribution < -0.4 is 16.0 Å². The Morgan fingerprint density at radius 1 is 1.20 bits per heavy atom. The largest absolute Gasteiger partial charge is 0.446 e. The molecule has 0 spiro atoms. The van der Waals surface area contributed by atoms with Crippen LogP contribution in [0.2, 0.25) is 0 Å². The first-order valence-electron chi connectivity index (χ1n) is 12.9. The summed E-state index contributed by atoms with van der Waals surface area (Å²) in [5, 5.41) is 17.2. The van der Waals surface area contributed by atoms with E-state index in [0.29, 0.717) is 24.0 Å². The highest BCUT2D eigenvalue weighted by molar-refractivity contribution is 8.00. The normalized spacial score (nSPS) is 20.7. The molecule has 3 aromatic heterocycles. The van der Waals surface area contributed by atoms with Crippen molar-refractivity contribution >= 4 is 34.9 Å². The molecule has 0 saturated carbocycles. The number of anilines is 1. The molecule has 2 amide bonds. The molecule has 2 saturated heterocycles. The van der Waals surface area contributed by atoms with Crippen molar-refractivity contribution in [3.8, 4) is 11.8 Å². The number of halogens is 3. The van der Waals surface area contributed by atoms with Gasteiger partial charge in [0, 0.05) is 38.4 Å². The molecule has 2 aliphatic heterocycles. The lowest BCUT2D eigenvalue weighted by atomic mass is 9.97. The molecular weight excluding hydrogens is 545 g/mol. The number of nitrogens with one attached hydrogen (secondary N) is 3. The molecule has 40 heavy (non-hydrogen) atoms. The third-order valence-corrected chi connectivity index (χ3v) is 8.08. The van der Waals surface area contributed by atoms with E-state index in [9.17, 15) is 22.8 Å². The molecule has 212 valence electrons. The highest BCUT2D eigenvalue weighted by Gasteiger charge is 2.43. The Hall–Kier alpha value is -3.70. The van der Waals surface area contributed by atoms with Gasteiger partial charge in [-0.25, -0.2) is 4.52 Å². The number of carbonyl (C=O) groups excluding carboxylic acids is 2. The second-order valence-electron chi connectivity index (χ2n) is 9.79. The number of carbonyl (C=O) groups is 2. The van der Waals surface area contributed by atoms with Gasteiger partial charge in [0.05, 0.1) is 35.3 Å². The van der Waals surface area contributed by atoms with E-state index in [2.05, 4.69) is 42.9 Å². The number of hydrogen-bond donors (Lipinski definition) is 3. The minimum Gasteiger partial charge on any atom is -0.366 e. The number of piperidine rings is 1. The third-order valence-electron chi connectivity index (χ3n) is 7.25. The Labute approximate surface area is 233 Å². The maximum atomic E-state index is 13.5. The second-order valence-corrected chi connectivity index (χ2v) is 10.9. The fourth-order valence-electron chi connectivity index (χ4n) is 5.47. The number of hydrogen-bond acceptors (Lipinski definition) is 7. The van der Waals surface area contributed by atoms with E-state index in [1.165, 1.54) is 15.4 Å². The maximum absolute atomic E-state index is 13.5. The minimum atomic E-state index is -4.54. The lowest BCUT2D eigenvalue weighted by Crippen LogP contribution is -2.53. The molecule has 2 fully saturated rings. The summed E-state index contributed by atoms with van der Waals surface area (Å²) in [6, 6.07) is 5.54. The standard InChI is InChI=1S/C26H29F3N8O2S/c1-30-23(38)15-36-17-8-10-18(20(36)11-9-17)33-22-7-3-6-21-24(40-26(27,28)29)19(34-37(21)22)5-4-12-31-25(39)16-13-32-35(2)14-16/h3,6-7,13-14,17-18,20,33H,8-12,15H2,1-2H3,(H,30,38)(H,31,39)/t17-,18-,20-/m1/s1. The van der Waals surface area contributed by atoms with E-state index in [1.54, 1.807) is 38.5 Å². The summed E-state index contributed by atoms with van der Waals surface area (Å²) in [4.78, 5) is 26.4. The predicted molar refractivity (Wildman–Crippen MR) is 144 cm³/mol. The van der Waals surface area contributed by atoms with Crippen LogP contribution in [0.3, 0.4) is 0 Å². The zero-order valence-corrected chi connectivity index (χ0v) is 22.8. The van der Waals surface area contributed by atoms with Crippen LogP contribution in [0.1, 0.15) is 41.7 Å². The molecule has 3 aromatic rings. The van der Waals surface area contributed by atoms with Gasteiger partial charge < -0.3 is 16.0 Å². The number of rotatable bonds is 7. The molecule has 2 aliphatic rings. The summed E-state index contributed by atoms with van der Waals surface area (Å²) in [6.45, 7) is 0.244. The van der Waals surface area contributed by atoms with Crippen molar-refractivity contribution in [1.29, 1.82) is 0 Å². The lowest BCUT2D eigenvalue weighted by Gasteiger charge is -2.40. The first-order chi connectivity index (χ1) is 19.1. The van der Waals surface area contributed by atoms with Crippen molar-refractivity contribution in [2.45, 2.75) is 54.2 Å². The molecule has 10 nitrogen and oxygen atoms in total. The van der Waals surface area contributed by atoms with Gasteiger partial charge in [0.2, 0.25) is 5.91 Å². The van der Waals surface area contributed by atoms with Gasteiger partial charge in [-0.2, -0.15) is 23.4 Å². The van der Waals surface area contributed by atoms with Gasteiger partial charge >= 0.3 is 5.51 Å². The zero-order chi connectivity index (χ0) is 28.4. The monoisotopic (exact) mass is 574 g/mol. The third kappa shape index (κ3) is 6.05. The predicted octanol–water partition coefficient (Wildman–Crippen LogP) is 2.61. The summed E-state index contributed by atoms with van der Waals surface area (Å²) < 4.78 is 43.5. The second kappa shape index (κ2) is 11.4. The summed E-state index contributed by atoms with van der Waals surface area (Å²) >= 11 is -0.261. The Balaban J connectivity index is 1.39. The number of pyridine rings is 1. The number of nitrogens with zero attached hydrogens (tertiary/aromatic N) is 5. The number of aryl methyl sites for hydroxylation is 1. The molecule has 5 heterocycles. The van der Waals surface area contributed by atoms with Crippen molar-refractivity contribution in [2.24, 2.45) is 7.05 Å². The van der Waals surface area contributed by atoms with Crippen LogP contribution >= 0.6 is 11.8 Å². The first-order valence-corrected chi connectivity index (χ1v) is 13.7. The highest BCUT2D eigenvalue weighted by Crippen LogP contribution is 2.42. The highest BCUT2D eigenvalue weighted by atomic mass is 32.2. The summed E-state index contributed by atoms with van der Waals surface area (Å²) in [5.41, 5.74) is -3.94. The SMILES string of the molecule is CNC(=O)CN1[C@H]2CC[C@@H]1[C@H](Nc1cccc3c(SC(F)(F)F)c(C#CCNC(=O)c4cnn(C)c4)nn13)CC2. The molecule has 3 atom stereocenters. The van der Waals surface area contributed by atoms with Crippen LogP contribution in [0.25, 0.3) is 5.52 Å². The maximum Gasteiger partial charge on any atom is 0.446 e. The Kier molecular flexibility index (Phi) is 7.95. The lowest BCUT2D eigenvalue weighted by molar-refractivity contribution is -0.122. The molecular formula is C26H29F3N8O2S. The topological polar surface area (TPSA) is 109 Å². The van der Waals surface area contributed by atoms with Crippen LogP contribution in [0.5, 0.6) is 0 Å². The fourth-order valence-corrected chi connectivity index (χ4v) is 6.15. The molecule has 0 aromatic carbocycles. The molecule has 2 bridgehead atoms. The summed E-state index contributed by atoms with van der Waals surface area (Å²) in [6.07, 6.45) is 6.71. The number of amides is 2. The molecule has 14 heteroatoms. The van der Waals surface area contributed by atoms with Crippen molar-refractivity contribution < 1.29 is 22.8 Å². The Morgan fingerprint density at radius 3 is 2.73 bits per heavy atom. The van der Waals surface area contributed by atoms with Gasteiger partial charge in [0.25, 0.3) is 5.91 Å². The van der Waals surface area contributed by atoms with E-state index in [-0.39, 0.29) is 58.3 Å². The molecule has 5 rings (SSSR count). The van der Waals surface area contributed by atoms with Crippen LogP contribution in [0.4, 0.5) is 19.0 Å². The Morgan fingerprint density at radius 2 is 2.00 bits per heavy atom. The van der Waals surface area contributed by atoms with Crippen LogP contribution in [-0.2, 0) is 11.8 Å². The van der Waals surface area contributed by atoms with Gasteiger partial charge in [-0.3, -0.25) is 19.2 Å². The van der Waals surface area contributed by atoms with Crippen LogP contribution in [-0.4, -0.2) is 79.9 Å². The van der Waals surface area contributed by atoms with Gasteiger partial charge in [0.15, 0.2) is 0 Å². The number of alkyl halides is 3. The average Bonchev–Trinajstić information content (AvgIpc) is 3.57. The smallest absolute Gasteiger partial charge is 0.366 e. The number of likely N-dealkylation sites (N-methyl/N-ethyl adjacent to an activating group) is 1. The average molecular weight is 575 g/mol. The molecule has 0 radical (unpaired) electrons. The Bertz CT molecular complexity index is 1470. The first kappa shape index (κ1) is 27.9. The fraction of sp³-hybridized carbons (Fsp3) is 0.462. The van der Waals surface area contributed by atoms with Crippen LogP contribution in [0, 0.1) is 11.8 Å². The van der Waals surface area contributed by atoms with E-state index in [0.717, 1.165) is 25.7 Å². The number of aromatic nitrogens is 4. The summed E-state index contributed by atoms with van der Waals surface area (Å²) in [5.74, 6) is 5.55. The molecule has 0 aliphatic carbocycles. The van der Waals surface area contributed by atoms with Crippen molar-refractivity contribution in [2.75, 3.05) is 25.5 Å². The number of thioether (sulfide) groups is 1. The van der Waals surface area contributed by atoms with Gasteiger partial charge in [-0.05, 0) is 55.5 Å². The number of fused-ring (bicyclic) bond motifs is 3. The van der Waals surface area contributed by atoms with E-state index in [1.807, 2.05) is 0 Å². The van der Waals surface area contributed by atoms with Crippen LogP contribution in [0.15, 0.2) is 35.5 Å². The van der Waals surface area contributed by atoms with Crippen molar-refractivity contribution in [1.82, 2.24) is 34.9 Å². The zero-order valence-electron chi connectivity index (χ0n) is 22.0.